The van der Waals surface area contributed by atoms with Crippen LogP contribution in [0, 0.1) is 3.57 Å². The number of carbonyl (C=O) groups excluding carboxylic acids is 1. The Bertz CT molecular complexity index is 1440. The molecule has 0 radical (unpaired) electrons. The van der Waals surface area contributed by atoms with Crippen LogP contribution in [-0.4, -0.2) is 24.8 Å². The van der Waals surface area contributed by atoms with E-state index in [-0.39, 0.29) is 11.1 Å². The predicted octanol–water partition coefficient (Wildman–Crippen LogP) is 3.67. The summed E-state index contributed by atoms with van der Waals surface area (Å²) in [5.74, 6) is -0.0622. The van der Waals surface area contributed by atoms with E-state index in [9.17, 15) is 9.59 Å². The average molecular weight is 581 g/mol. The van der Waals surface area contributed by atoms with Crippen molar-refractivity contribution in [2.75, 3.05) is 14.2 Å². The Morgan fingerprint density at radius 2 is 2.03 bits per heavy atom. The molecule has 0 bridgehead atoms. The summed E-state index contributed by atoms with van der Waals surface area (Å²) in [6, 6.07) is 12.2. The Kier molecular flexibility index (Phi) is 6.55. The smallest absolute Gasteiger partial charge is 0.338 e. The molecule has 9 heteroatoms. The topological polar surface area (TPSA) is 69.9 Å². The minimum Gasteiger partial charge on any atom is -0.496 e. The average Bonchev–Trinajstić information content (AvgIpc) is 3.06. The number of esters is 1. The summed E-state index contributed by atoms with van der Waals surface area (Å²) in [6.45, 7) is 1.73. The maximum atomic E-state index is 13.6. The molecule has 2 heterocycles. The zero-order chi connectivity index (χ0) is 23.0. The maximum Gasteiger partial charge on any atom is 0.338 e. The standard InChI is InChI=1S/C23H18ClIN2O4S/c1-12-19(22(29)31-3)20(16-11-14(24)7-8-17(16)30-2)27-21(28)18(32-23(27)26-12)10-13-5-4-6-15(25)9-13/h4-11,20H,1-3H3/b18-10-/t20-/m0/s1. The van der Waals surface area contributed by atoms with Gasteiger partial charge in [-0.1, -0.05) is 35.1 Å². The molecule has 1 aliphatic rings. The zero-order valence-corrected chi connectivity index (χ0v) is 21.1. The molecule has 1 aromatic heterocycles. The van der Waals surface area contributed by atoms with Crippen molar-refractivity contribution < 1.29 is 14.3 Å². The second-order valence-electron chi connectivity index (χ2n) is 7.01. The van der Waals surface area contributed by atoms with Gasteiger partial charge in [-0.25, -0.2) is 9.79 Å². The lowest BCUT2D eigenvalue weighted by molar-refractivity contribution is -0.136. The normalized spacial score (nSPS) is 15.9. The van der Waals surface area contributed by atoms with Gasteiger partial charge in [-0.15, -0.1) is 0 Å². The molecule has 32 heavy (non-hydrogen) atoms. The van der Waals surface area contributed by atoms with Crippen molar-refractivity contribution in [3.63, 3.8) is 0 Å². The van der Waals surface area contributed by atoms with Crippen molar-refractivity contribution in [1.82, 2.24) is 4.57 Å². The van der Waals surface area contributed by atoms with E-state index in [2.05, 4.69) is 27.6 Å². The Balaban J connectivity index is 2.03. The third-order valence-corrected chi connectivity index (χ3v) is 6.95. The van der Waals surface area contributed by atoms with Gasteiger partial charge >= 0.3 is 5.97 Å². The number of methoxy groups -OCH3 is 2. The fourth-order valence-corrected chi connectivity index (χ4v) is 5.45. The molecular weight excluding hydrogens is 563 g/mol. The van der Waals surface area contributed by atoms with Crippen molar-refractivity contribution in [2.24, 2.45) is 4.99 Å². The van der Waals surface area contributed by atoms with Crippen LogP contribution in [0.4, 0.5) is 0 Å². The minimum atomic E-state index is -0.787. The minimum absolute atomic E-state index is 0.256. The highest BCUT2D eigenvalue weighted by Crippen LogP contribution is 2.37. The molecule has 2 aromatic carbocycles. The van der Waals surface area contributed by atoms with Crippen LogP contribution in [-0.2, 0) is 9.53 Å². The van der Waals surface area contributed by atoms with Crippen LogP contribution in [0.3, 0.4) is 0 Å². The van der Waals surface area contributed by atoms with Gasteiger partial charge in [0, 0.05) is 14.2 Å². The van der Waals surface area contributed by atoms with Gasteiger partial charge in [0.15, 0.2) is 4.80 Å². The van der Waals surface area contributed by atoms with Gasteiger partial charge in [0.05, 0.1) is 30.0 Å². The molecule has 0 saturated carbocycles. The number of hydrogen-bond acceptors (Lipinski definition) is 6. The molecule has 0 saturated heterocycles. The van der Waals surface area contributed by atoms with E-state index in [0.717, 1.165) is 9.13 Å². The van der Waals surface area contributed by atoms with Crippen LogP contribution in [0.2, 0.25) is 5.02 Å². The molecule has 0 N–H and O–H groups in total. The molecule has 0 spiro atoms. The van der Waals surface area contributed by atoms with Crippen LogP contribution in [0.15, 0.2) is 63.5 Å². The van der Waals surface area contributed by atoms with Crippen molar-refractivity contribution in [3.05, 3.63) is 93.1 Å². The maximum absolute atomic E-state index is 13.6. The third kappa shape index (κ3) is 4.14. The lowest BCUT2D eigenvalue weighted by atomic mass is 9.95. The van der Waals surface area contributed by atoms with Gasteiger partial charge in [-0.05, 0) is 71.5 Å². The molecule has 0 amide bonds. The number of allylic oxidation sites excluding steroid dienone is 1. The van der Waals surface area contributed by atoms with Crippen LogP contribution in [0.25, 0.3) is 6.08 Å². The summed E-state index contributed by atoms with van der Waals surface area (Å²) >= 11 is 9.78. The summed E-state index contributed by atoms with van der Waals surface area (Å²) in [7, 11) is 2.83. The van der Waals surface area contributed by atoms with E-state index < -0.39 is 12.0 Å². The summed E-state index contributed by atoms with van der Waals surface area (Å²) in [6.07, 6.45) is 1.83. The molecule has 0 aliphatic carbocycles. The first-order valence-electron chi connectivity index (χ1n) is 9.54. The van der Waals surface area contributed by atoms with Crippen LogP contribution >= 0.6 is 45.5 Å². The van der Waals surface area contributed by atoms with Crippen LogP contribution in [0.5, 0.6) is 5.75 Å². The second kappa shape index (κ2) is 9.21. The van der Waals surface area contributed by atoms with Crippen LogP contribution in [0.1, 0.15) is 24.1 Å². The fraction of sp³-hybridized carbons (Fsp3) is 0.174. The highest BCUT2D eigenvalue weighted by molar-refractivity contribution is 14.1. The van der Waals surface area contributed by atoms with Gasteiger partial charge < -0.3 is 9.47 Å². The second-order valence-corrected chi connectivity index (χ2v) is 9.71. The Labute approximate surface area is 206 Å². The quantitative estimate of drug-likeness (QED) is 0.349. The number of fused-ring (bicyclic) bond motifs is 1. The molecular formula is C23H18ClIN2O4S. The fourth-order valence-electron chi connectivity index (χ4n) is 3.65. The Morgan fingerprint density at radius 3 is 2.72 bits per heavy atom. The lowest BCUT2D eigenvalue weighted by Crippen LogP contribution is -2.40. The number of ether oxygens (including phenoxy) is 2. The van der Waals surface area contributed by atoms with Gasteiger partial charge in [0.1, 0.15) is 11.8 Å². The number of hydrogen-bond donors (Lipinski definition) is 0. The largest absolute Gasteiger partial charge is 0.496 e. The van der Waals surface area contributed by atoms with E-state index in [1.54, 1.807) is 25.1 Å². The number of carbonyl (C=O) groups is 1. The molecule has 1 aliphatic heterocycles. The molecule has 3 aromatic rings. The van der Waals surface area contributed by atoms with E-state index in [1.807, 2.05) is 30.3 Å². The van der Waals surface area contributed by atoms with E-state index >= 15 is 0 Å². The molecule has 0 fully saturated rings. The van der Waals surface area contributed by atoms with Gasteiger partial charge in [-0.2, -0.15) is 0 Å². The number of thiazole rings is 1. The Hall–Kier alpha value is -2.43. The van der Waals surface area contributed by atoms with E-state index in [0.29, 0.717) is 31.4 Å². The van der Waals surface area contributed by atoms with Crippen molar-refractivity contribution in [2.45, 2.75) is 13.0 Å². The number of halogens is 2. The molecule has 4 rings (SSSR count). The van der Waals surface area contributed by atoms with Gasteiger partial charge in [0.2, 0.25) is 0 Å². The van der Waals surface area contributed by atoms with Crippen molar-refractivity contribution in [3.8, 4) is 5.75 Å². The number of aromatic nitrogens is 1. The van der Waals surface area contributed by atoms with E-state index in [1.165, 1.54) is 30.1 Å². The highest BCUT2D eigenvalue weighted by atomic mass is 127. The van der Waals surface area contributed by atoms with E-state index in [4.69, 9.17) is 21.1 Å². The summed E-state index contributed by atoms with van der Waals surface area (Å²) in [5, 5.41) is 0.459. The summed E-state index contributed by atoms with van der Waals surface area (Å²) < 4.78 is 13.7. The van der Waals surface area contributed by atoms with Gasteiger partial charge in [0.25, 0.3) is 5.56 Å². The zero-order valence-electron chi connectivity index (χ0n) is 17.4. The van der Waals surface area contributed by atoms with Crippen LogP contribution < -0.4 is 19.6 Å². The molecule has 164 valence electrons. The first kappa shape index (κ1) is 22.8. The first-order valence-corrected chi connectivity index (χ1v) is 11.8. The number of nitrogens with zero attached hydrogens (tertiary/aromatic N) is 2. The molecule has 0 unspecified atom stereocenters. The first-order chi connectivity index (χ1) is 15.3. The van der Waals surface area contributed by atoms with Gasteiger partial charge in [-0.3, -0.25) is 9.36 Å². The predicted molar refractivity (Wildman–Crippen MR) is 133 cm³/mol. The van der Waals surface area contributed by atoms with Crippen molar-refractivity contribution in [1.29, 1.82) is 0 Å². The monoisotopic (exact) mass is 580 g/mol. The highest BCUT2D eigenvalue weighted by Gasteiger charge is 2.35. The molecule has 1 atom stereocenters. The lowest BCUT2D eigenvalue weighted by Gasteiger charge is -2.25. The Morgan fingerprint density at radius 1 is 1.25 bits per heavy atom. The number of benzene rings is 2. The summed E-state index contributed by atoms with van der Waals surface area (Å²) in [4.78, 5) is 31.4. The molecule has 6 nitrogen and oxygen atoms in total. The summed E-state index contributed by atoms with van der Waals surface area (Å²) in [5.41, 5.74) is 1.97. The number of rotatable bonds is 4. The third-order valence-electron chi connectivity index (χ3n) is 5.06. The SMILES string of the molecule is COC(=O)C1=C(C)N=c2s/c(=C\c3cccc(I)c3)c(=O)n2[C@H]1c1cc(Cl)ccc1OC. The van der Waals surface area contributed by atoms with Crippen molar-refractivity contribution >= 4 is 57.6 Å².